The highest BCUT2D eigenvalue weighted by Gasteiger charge is 2.30. The van der Waals surface area contributed by atoms with Crippen molar-refractivity contribution >= 4 is 17.5 Å². The normalized spacial score (nSPS) is 16.2. The first kappa shape index (κ1) is 22.6. The number of rotatable bonds is 4. The molecule has 0 spiro atoms. The standard InChI is InChI=1S/C26H28N4O3/c1-26(2,3)33-25(31)30-14-15-32-22(18-30)24-27-16-21(17-28-24)29-23(19-10-6-4-7-11-19)20-12-8-5-9-13-20/h4-13,16-17,22H,14-15,18H2,1-3H3. The maximum Gasteiger partial charge on any atom is 0.410 e. The summed E-state index contributed by atoms with van der Waals surface area (Å²) in [5.74, 6) is 0.517. The number of aromatic nitrogens is 2. The number of benzene rings is 2. The molecule has 1 aromatic heterocycles. The van der Waals surface area contributed by atoms with Gasteiger partial charge in [0.25, 0.3) is 0 Å². The Bertz CT molecular complexity index is 1050. The second-order valence-corrected chi connectivity index (χ2v) is 8.78. The van der Waals surface area contributed by atoms with Crippen molar-refractivity contribution < 1.29 is 14.3 Å². The number of hydrogen-bond donors (Lipinski definition) is 0. The lowest BCUT2D eigenvalue weighted by Gasteiger charge is -2.33. The number of carbonyl (C=O) groups is 1. The summed E-state index contributed by atoms with van der Waals surface area (Å²) in [5, 5.41) is 0. The number of nitrogens with zero attached hydrogens (tertiary/aromatic N) is 4. The summed E-state index contributed by atoms with van der Waals surface area (Å²) in [7, 11) is 0. The van der Waals surface area contributed by atoms with E-state index in [9.17, 15) is 4.79 Å². The quantitative estimate of drug-likeness (QED) is 0.532. The topological polar surface area (TPSA) is 76.9 Å². The number of hydrogen-bond acceptors (Lipinski definition) is 6. The third-order valence-corrected chi connectivity index (χ3v) is 5.00. The summed E-state index contributed by atoms with van der Waals surface area (Å²) in [4.78, 5) is 27.9. The summed E-state index contributed by atoms with van der Waals surface area (Å²) < 4.78 is 11.3. The molecular weight excluding hydrogens is 416 g/mol. The van der Waals surface area contributed by atoms with Crippen LogP contribution in [0.4, 0.5) is 10.5 Å². The fourth-order valence-electron chi connectivity index (χ4n) is 3.47. The van der Waals surface area contributed by atoms with Crippen molar-refractivity contribution in [2.75, 3.05) is 19.7 Å². The van der Waals surface area contributed by atoms with Crippen LogP contribution in [0.25, 0.3) is 0 Å². The zero-order valence-electron chi connectivity index (χ0n) is 19.1. The van der Waals surface area contributed by atoms with Crippen LogP contribution in [0.15, 0.2) is 78.0 Å². The Morgan fingerprint density at radius 3 is 2.12 bits per heavy atom. The van der Waals surface area contributed by atoms with E-state index in [0.29, 0.717) is 31.2 Å². The molecule has 4 rings (SSSR count). The fourth-order valence-corrected chi connectivity index (χ4v) is 3.47. The molecule has 1 unspecified atom stereocenters. The zero-order valence-corrected chi connectivity index (χ0v) is 19.1. The molecule has 0 bridgehead atoms. The lowest BCUT2D eigenvalue weighted by molar-refractivity contribution is -0.0462. The molecule has 2 heterocycles. The van der Waals surface area contributed by atoms with Gasteiger partial charge in [0.2, 0.25) is 0 Å². The lowest BCUT2D eigenvalue weighted by atomic mass is 10.0. The Hall–Kier alpha value is -3.58. The van der Waals surface area contributed by atoms with Gasteiger partial charge in [0.05, 0.1) is 31.3 Å². The Balaban J connectivity index is 1.53. The van der Waals surface area contributed by atoms with Crippen molar-refractivity contribution in [3.05, 3.63) is 90.0 Å². The summed E-state index contributed by atoms with van der Waals surface area (Å²) in [6.07, 6.45) is 2.60. The van der Waals surface area contributed by atoms with Gasteiger partial charge in [-0.1, -0.05) is 60.7 Å². The highest BCUT2D eigenvalue weighted by Crippen LogP contribution is 2.23. The smallest absolute Gasteiger partial charge is 0.410 e. The van der Waals surface area contributed by atoms with Gasteiger partial charge < -0.3 is 14.4 Å². The molecule has 0 aliphatic carbocycles. The van der Waals surface area contributed by atoms with E-state index in [1.807, 2.05) is 81.4 Å². The number of morpholine rings is 1. The van der Waals surface area contributed by atoms with E-state index in [1.165, 1.54) is 0 Å². The Labute approximate surface area is 194 Å². The average Bonchev–Trinajstić information content (AvgIpc) is 2.83. The van der Waals surface area contributed by atoms with Crippen molar-refractivity contribution in [2.45, 2.75) is 32.5 Å². The van der Waals surface area contributed by atoms with Crippen LogP contribution >= 0.6 is 0 Å². The van der Waals surface area contributed by atoms with Gasteiger partial charge in [-0.15, -0.1) is 0 Å². The van der Waals surface area contributed by atoms with Crippen molar-refractivity contribution in [1.29, 1.82) is 0 Å². The molecule has 1 amide bonds. The highest BCUT2D eigenvalue weighted by molar-refractivity contribution is 6.13. The molecule has 1 fully saturated rings. The molecule has 1 aliphatic heterocycles. The van der Waals surface area contributed by atoms with Crippen LogP contribution in [0.2, 0.25) is 0 Å². The van der Waals surface area contributed by atoms with E-state index in [4.69, 9.17) is 14.5 Å². The van der Waals surface area contributed by atoms with Crippen molar-refractivity contribution in [1.82, 2.24) is 14.9 Å². The second kappa shape index (κ2) is 9.92. The predicted molar refractivity (Wildman–Crippen MR) is 127 cm³/mol. The van der Waals surface area contributed by atoms with E-state index in [1.54, 1.807) is 17.3 Å². The first-order valence-electron chi connectivity index (χ1n) is 11.0. The van der Waals surface area contributed by atoms with Crippen molar-refractivity contribution in [3.8, 4) is 0 Å². The molecule has 0 radical (unpaired) electrons. The summed E-state index contributed by atoms with van der Waals surface area (Å²) >= 11 is 0. The Morgan fingerprint density at radius 1 is 1.00 bits per heavy atom. The van der Waals surface area contributed by atoms with Crippen LogP contribution in [0.1, 0.15) is 43.8 Å². The molecule has 1 aliphatic rings. The first-order valence-corrected chi connectivity index (χ1v) is 11.0. The van der Waals surface area contributed by atoms with Gasteiger partial charge in [0.15, 0.2) is 5.82 Å². The molecule has 33 heavy (non-hydrogen) atoms. The van der Waals surface area contributed by atoms with Crippen LogP contribution in [-0.4, -0.2) is 52.0 Å². The van der Waals surface area contributed by atoms with Gasteiger partial charge in [0.1, 0.15) is 17.4 Å². The lowest BCUT2D eigenvalue weighted by Crippen LogP contribution is -2.45. The SMILES string of the molecule is CC(C)(C)OC(=O)N1CCOC(c2ncc(N=C(c3ccccc3)c3ccccc3)cn2)C1. The Morgan fingerprint density at radius 2 is 1.58 bits per heavy atom. The zero-order chi connectivity index (χ0) is 23.3. The molecule has 2 aromatic carbocycles. The highest BCUT2D eigenvalue weighted by atomic mass is 16.6. The van der Waals surface area contributed by atoms with E-state index in [-0.39, 0.29) is 6.09 Å². The largest absolute Gasteiger partial charge is 0.444 e. The molecule has 1 saturated heterocycles. The molecule has 3 aromatic rings. The minimum atomic E-state index is -0.545. The molecule has 7 nitrogen and oxygen atoms in total. The fraction of sp³-hybridized carbons (Fsp3) is 0.308. The van der Waals surface area contributed by atoms with Crippen molar-refractivity contribution in [2.24, 2.45) is 4.99 Å². The average molecular weight is 445 g/mol. The number of amides is 1. The van der Waals surface area contributed by atoms with Crippen LogP contribution < -0.4 is 0 Å². The third-order valence-electron chi connectivity index (χ3n) is 5.00. The molecular formula is C26H28N4O3. The summed E-state index contributed by atoms with van der Waals surface area (Å²) in [6, 6.07) is 20.0. The predicted octanol–water partition coefficient (Wildman–Crippen LogP) is 4.95. The van der Waals surface area contributed by atoms with Crippen molar-refractivity contribution in [3.63, 3.8) is 0 Å². The summed E-state index contributed by atoms with van der Waals surface area (Å²) in [6.45, 7) is 6.78. The van der Waals surface area contributed by atoms with E-state index in [2.05, 4.69) is 9.97 Å². The number of aliphatic imine (C=N–C) groups is 1. The van der Waals surface area contributed by atoms with E-state index in [0.717, 1.165) is 16.8 Å². The van der Waals surface area contributed by atoms with Crippen LogP contribution in [0, 0.1) is 0 Å². The van der Waals surface area contributed by atoms with Gasteiger partial charge >= 0.3 is 6.09 Å². The maximum atomic E-state index is 12.4. The molecule has 0 saturated carbocycles. The minimum absolute atomic E-state index is 0.344. The molecule has 170 valence electrons. The van der Waals surface area contributed by atoms with Gasteiger partial charge in [-0.2, -0.15) is 0 Å². The second-order valence-electron chi connectivity index (χ2n) is 8.78. The molecule has 7 heteroatoms. The van der Waals surface area contributed by atoms with Crippen LogP contribution in [0.5, 0.6) is 0 Å². The van der Waals surface area contributed by atoms with Gasteiger partial charge in [0, 0.05) is 17.7 Å². The monoisotopic (exact) mass is 444 g/mol. The minimum Gasteiger partial charge on any atom is -0.444 e. The summed E-state index contributed by atoms with van der Waals surface area (Å²) in [5.41, 5.74) is 2.96. The number of ether oxygens (including phenoxy) is 2. The Kier molecular flexibility index (Phi) is 6.79. The van der Waals surface area contributed by atoms with Gasteiger partial charge in [-0.25, -0.2) is 19.8 Å². The first-order chi connectivity index (χ1) is 15.9. The van der Waals surface area contributed by atoms with Gasteiger partial charge in [-0.3, -0.25) is 0 Å². The number of carbonyl (C=O) groups excluding carboxylic acids is 1. The maximum absolute atomic E-state index is 12.4. The van der Waals surface area contributed by atoms with E-state index >= 15 is 0 Å². The molecule has 1 atom stereocenters. The molecule has 0 N–H and O–H groups in total. The van der Waals surface area contributed by atoms with Gasteiger partial charge in [-0.05, 0) is 20.8 Å². The van der Waals surface area contributed by atoms with Crippen LogP contribution in [-0.2, 0) is 9.47 Å². The van der Waals surface area contributed by atoms with E-state index < -0.39 is 11.7 Å². The third kappa shape index (κ3) is 6.02. The van der Waals surface area contributed by atoms with Crippen LogP contribution in [0.3, 0.4) is 0 Å².